The fourth-order valence-electron chi connectivity index (χ4n) is 3.78. The van der Waals surface area contributed by atoms with Gasteiger partial charge in [-0.2, -0.15) is 4.98 Å². The van der Waals surface area contributed by atoms with Gasteiger partial charge in [-0.3, -0.25) is 9.78 Å². The molecule has 136 valence electrons. The first kappa shape index (κ1) is 17.1. The third-order valence-electron chi connectivity index (χ3n) is 5.55. The van der Waals surface area contributed by atoms with Crippen molar-refractivity contribution in [2.45, 2.75) is 57.8 Å². The molecule has 1 unspecified atom stereocenters. The van der Waals surface area contributed by atoms with Gasteiger partial charge in [-0.05, 0) is 50.7 Å². The molecule has 2 aromatic rings. The van der Waals surface area contributed by atoms with E-state index in [0.717, 1.165) is 36.3 Å². The fourth-order valence-corrected chi connectivity index (χ4v) is 3.78. The van der Waals surface area contributed by atoms with Gasteiger partial charge < -0.3 is 4.74 Å². The molecule has 2 aliphatic rings. The highest BCUT2D eigenvalue weighted by Gasteiger charge is 2.40. The van der Waals surface area contributed by atoms with Crippen LogP contribution in [0.5, 0.6) is 5.88 Å². The van der Waals surface area contributed by atoms with Crippen LogP contribution in [-0.4, -0.2) is 27.3 Å². The van der Waals surface area contributed by atoms with Crippen molar-refractivity contribution in [3.8, 4) is 5.88 Å². The van der Waals surface area contributed by atoms with Crippen molar-refractivity contribution in [2.75, 3.05) is 6.61 Å². The topological polar surface area (TPSA) is 65.0 Å². The highest BCUT2D eigenvalue weighted by atomic mass is 16.5. The Hall–Kier alpha value is -2.30. The van der Waals surface area contributed by atoms with Crippen LogP contribution >= 0.6 is 0 Å². The van der Waals surface area contributed by atoms with E-state index < -0.39 is 0 Å². The Kier molecular flexibility index (Phi) is 4.70. The number of hydrogen-bond donors (Lipinski definition) is 0. The van der Waals surface area contributed by atoms with E-state index in [1.807, 2.05) is 19.3 Å². The summed E-state index contributed by atoms with van der Waals surface area (Å²) in [4.78, 5) is 25.0. The molecule has 0 N–H and O–H groups in total. The lowest BCUT2D eigenvalue weighted by molar-refractivity contribution is -0.120. The molecule has 4 rings (SSSR count). The predicted octanol–water partition coefficient (Wildman–Crippen LogP) is 3.90. The fraction of sp³-hybridized carbons (Fsp3) is 0.524. The van der Waals surface area contributed by atoms with E-state index in [0.29, 0.717) is 48.9 Å². The first-order valence-corrected chi connectivity index (χ1v) is 9.50. The van der Waals surface area contributed by atoms with Crippen LogP contribution in [0.1, 0.15) is 66.6 Å². The van der Waals surface area contributed by atoms with Gasteiger partial charge in [-0.25, -0.2) is 4.98 Å². The maximum Gasteiger partial charge on any atom is 0.220 e. The van der Waals surface area contributed by atoms with Gasteiger partial charge >= 0.3 is 0 Å². The van der Waals surface area contributed by atoms with Crippen molar-refractivity contribution in [1.29, 1.82) is 0 Å². The molecule has 0 aliphatic heterocycles. The molecule has 2 aliphatic carbocycles. The minimum absolute atomic E-state index is 0.331. The largest absolute Gasteiger partial charge is 0.477 e. The number of aryl methyl sites for hydroxylation is 2. The van der Waals surface area contributed by atoms with Crippen molar-refractivity contribution in [3.63, 3.8) is 0 Å². The number of hydrogen-bond acceptors (Lipinski definition) is 5. The van der Waals surface area contributed by atoms with E-state index in [-0.39, 0.29) is 0 Å². The normalized spacial score (nSPS) is 23.1. The summed E-state index contributed by atoms with van der Waals surface area (Å²) in [6, 6.07) is 4.24. The van der Waals surface area contributed by atoms with Gasteiger partial charge in [0, 0.05) is 48.3 Å². The summed E-state index contributed by atoms with van der Waals surface area (Å²) in [5.41, 5.74) is 3.41. The monoisotopic (exact) mass is 351 g/mol. The van der Waals surface area contributed by atoms with Crippen LogP contribution in [-0.2, 0) is 4.79 Å². The van der Waals surface area contributed by atoms with Gasteiger partial charge in [0.15, 0.2) is 0 Å². The van der Waals surface area contributed by atoms with E-state index in [2.05, 4.69) is 34.0 Å². The average Bonchev–Trinajstić information content (AvgIpc) is 3.41. The lowest BCUT2D eigenvalue weighted by atomic mass is 9.84. The van der Waals surface area contributed by atoms with Gasteiger partial charge in [0.25, 0.3) is 0 Å². The zero-order chi connectivity index (χ0) is 18.1. The molecule has 2 aromatic heterocycles. The molecule has 2 heterocycles. The number of ketones is 1. The molecule has 0 radical (unpaired) electrons. The summed E-state index contributed by atoms with van der Waals surface area (Å²) in [7, 11) is 0. The molecule has 0 amide bonds. The van der Waals surface area contributed by atoms with Crippen LogP contribution in [0.3, 0.4) is 0 Å². The molecule has 2 fully saturated rings. The van der Waals surface area contributed by atoms with E-state index in [9.17, 15) is 4.79 Å². The summed E-state index contributed by atoms with van der Waals surface area (Å²) >= 11 is 0. The third-order valence-corrected chi connectivity index (χ3v) is 5.55. The first-order chi connectivity index (χ1) is 12.6. The van der Waals surface area contributed by atoms with Crippen molar-refractivity contribution in [3.05, 3.63) is 47.2 Å². The number of aromatic nitrogens is 3. The number of carbonyl (C=O) groups is 1. The Morgan fingerprint density at radius 3 is 2.65 bits per heavy atom. The standard InChI is InChI=1S/C21H25N3O2/c1-13-3-8-20(23-10-13)18-9-16(18)12-26-21-19(11-22-14(2)24-21)15-4-6-17(25)7-5-15/h3,8,10-11,15-16,18H,4-7,9,12H2,1-2H3/t16-,18?/m1/s1. The summed E-state index contributed by atoms with van der Waals surface area (Å²) in [5, 5.41) is 0. The van der Waals surface area contributed by atoms with Crippen molar-refractivity contribution in [1.82, 2.24) is 15.0 Å². The second-order valence-electron chi connectivity index (χ2n) is 7.66. The molecule has 26 heavy (non-hydrogen) atoms. The Morgan fingerprint density at radius 1 is 1.12 bits per heavy atom. The van der Waals surface area contributed by atoms with Crippen LogP contribution in [0.4, 0.5) is 0 Å². The smallest absolute Gasteiger partial charge is 0.220 e. The van der Waals surface area contributed by atoms with E-state index >= 15 is 0 Å². The van der Waals surface area contributed by atoms with Gasteiger partial charge in [0.2, 0.25) is 5.88 Å². The van der Waals surface area contributed by atoms with Crippen molar-refractivity contribution >= 4 is 5.78 Å². The molecular formula is C21H25N3O2. The van der Waals surface area contributed by atoms with E-state index in [1.165, 1.54) is 5.56 Å². The summed E-state index contributed by atoms with van der Waals surface area (Å²) in [6.45, 7) is 4.61. The lowest BCUT2D eigenvalue weighted by Gasteiger charge is -2.22. The molecular weight excluding hydrogens is 326 g/mol. The quantitative estimate of drug-likeness (QED) is 0.817. The molecule has 0 aromatic carbocycles. The van der Waals surface area contributed by atoms with Crippen molar-refractivity contribution < 1.29 is 9.53 Å². The van der Waals surface area contributed by atoms with Crippen LogP contribution in [0.15, 0.2) is 24.5 Å². The summed E-state index contributed by atoms with van der Waals surface area (Å²) < 4.78 is 6.13. The minimum atomic E-state index is 0.331. The lowest BCUT2D eigenvalue weighted by Crippen LogP contribution is -2.15. The number of carbonyl (C=O) groups excluding carboxylic acids is 1. The molecule has 2 atom stereocenters. The molecule has 2 saturated carbocycles. The number of ether oxygens (including phenoxy) is 1. The Balaban J connectivity index is 1.41. The van der Waals surface area contributed by atoms with E-state index in [4.69, 9.17) is 4.74 Å². The summed E-state index contributed by atoms with van der Waals surface area (Å²) in [6.07, 6.45) is 8.00. The van der Waals surface area contributed by atoms with Gasteiger partial charge in [-0.15, -0.1) is 0 Å². The van der Waals surface area contributed by atoms with Crippen LogP contribution < -0.4 is 4.74 Å². The van der Waals surface area contributed by atoms with Crippen molar-refractivity contribution in [2.24, 2.45) is 5.92 Å². The molecule has 0 saturated heterocycles. The predicted molar refractivity (Wildman–Crippen MR) is 98.3 cm³/mol. The number of Topliss-reactive ketones (excluding diaryl/α,β-unsaturated/α-hetero) is 1. The number of nitrogens with zero attached hydrogens (tertiary/aromatic N) is 3. The van der Waals surface area contributed by atoms with Crippen LogP contribution in [0.2, 0.25) is 0 Å². The van der Waals surface area contributed by atoms with Gasteiger partial charge in [0.05, 0.1) is 6.61 Å². The summed E-state index contributed by atoms with van der Waals surface area (Å²) in [5.74, 6) is 3.12. The Labute approximate surface area is 154 Å². The van der Waals surface area contributed by atoms with Gasteiger partial charge in [-0.1, -0.05) is 6.07 Å². The number of rotatable bonds is 5. The SMILES string of the molecule is Cc1ccc(C2C[C@@H]2COc2nc(C)ncc2C2CCC(=O)CC2)nc1. The highest BCUT2D eigenvalue weighted by Crippen LogP contribution is 2.47. The zero-order valence-electron chi connectivity index (χ0n) is 15.4. The maximum absolute atomic E-state index is 11.5. The molecule has 0 bridgehead atoms. The van der Waals surface area contributed by atoms with Crippen LogP contribution in [0.25, 0.3) is 0 Å². The Bertz CT molecular complexity index is 793. The second kappa shape index (κ2) is 7.14. The third kappa shape index (κ3) is 3.76. The number of pyridine rings is 1. The molecule has 5 heteroatoms. The molecule has 5 nitrogen and oxygen atoms in total. The second-order valence-corrected chi connectivity index (χ2v) is 7.66. The van der Waals surface area contributed by atoms with Crippen LogP contribution in [0, 0.1) is 19.8 Å². The Morgan fingerprint density at radius 2 is 1.92 bits per heavy atom. The maximum atomic E-state index is 11.5. The zero-order valence-corrected chi connectivity index (χ0v) is 15.4. The average molecular weight is 351 g/mol. The van der Waals surface area contributed by atoms with E-state index in [1.54, 1.807) is 0 Å². The highest BCUT2D eigenvalue weighted by molar-refractivity contribution is 5.79. The minimum Gasteiger partial charge on any atom is -0.477 e. The molecule has 0 spiro atoms. The first-order valence-electron chi connectivity index (χ1n) is 9.50. The van der Waals surface area contributed by atoms with Gasteiger partial charge in [0.1, 0.15) is 11.6 Å².